The predicted molar refractivity (Wildman–Crippen MR) is 102 cm³/mol. The summed E-state index contributed by atoms with van der Waals surface area (Å²) in [5, 5.41) is 2.86. The van der Waals surface area contributed by atoms with Crippen molar-refractivity contribution >= 4 is 17.4 Å². The predicted octanol–water partition coefficient (Wildman–Crippen LogP) is 4.49. The van der Waals surface area contributed by atoms with Gasteiger partial charge in [0.25, 0.3) is 5.91 Å². The van der Waals surface area contributed by atoms with Gasteiger partial charge in [0.1, 0.15) is 11.6 Å². The summed E-state index contributed by atoms with van der Waals surface area (Å²) >= 11 is 0. The van der Waals surface area contributed by atoms with Crippen LogP contribution in [0.5, 0.6) is 5.75 Å². The number of unbranched alkanes of at least 4 members (excludes halogenated alkanes) is 3. The monoisotopic (exact) mass is 341 g/mol. The number of anilines is 2. The van der Waals surface area contributed by atoms with E-state index in [2.05, 4.69) is 17.2 Å². The number of hydrogen-bond acceptors (Lipinski definition) is 4. The Morgan fingerprint density at radius 3 is 2.76 bits per heavy atom. The number of aryl methyl sites for hydroxylation is 2. The number of nitrogens with two attached hydrogens (primary N) is 1. The molecule has 1 aromatic carbocycles. The van der Waals surface area contributed by atoms with E-state index in [9.17, 15) is 4.79 Å². The second-order valence-corrected chi connectivity index (χ2v) is 6.21. The Bertz CT molecular complexity index is 729. The Hall–Kier alpha value is -2.56. The third kappa shape index (κ3) is 5.48. The van der Waals surface area contributed by atoms with Crippen LogP contribution < -0.4 is 15.8 Å². The Morgan fingerprint density at radius 2 is 2.00 bits per heavy atom. The summed E-state index contributed by atoms with van der Waals surface area (Å²) in [5.74, 6) is 0.720. The zero-order valence-electron chi connectivity index (χ0n) is 15.3. The molecule has 1 heterocycles. The molecule has 2 rings (SSSR count). The second-order valence-electron chi connectivity index (χ2n) is 6.21. The van der Waals surface area contributed by atoms with Crippen molar-refractivity contribution in [2.45, 2.75) is 46.5 Å². The molecule has 1 aromatic heterocycles. The molecule has 0 atom stereocenters. The average molecular weight is 341 g/mol. The van der Waals surface area contributed by atoms with E-state index in [1.807, 2.05) is 38.1 Å². The Labute approximate surface area is 149 Å². The van der Waals surface area contributed by atoms with Crippen molar-refractivity contribution in [2.24, 2.45) is 0 Å². The number of pyridine rings is 1. The summed E-state index contributed by atoms with van der Waals surface area (Å²) in [5.41, 5.74) is 8.70. The van der Waals surface area contributed by atoms with E-state index in [1.165, 1.54) is 19.3 Å². The van der Waals surface area contributed by atoms with Gasteiger partial charge in [-0.15, -0.1) is 0 Å². The zero-order chi connectivity index (χ0) is 18.2. The van der Waals surface area contributed by atoms with Gasteiger partial charge < -0.3 is 15.8 Å². The molecule has 3 N–H and O–H groups in total. The van der Waals surface area contributed by atoms with Crippen molar-refractivity contribution < 1.29 is 9.53 Å². The molecule has 5 heteroatoms. The molecule has 0 bridgehead atoms. The quantitative estimate of drug-likeness (QED) is 0.693. The van der Waals surface area contributed by atoms with Gasteiger partial charge in [-0.2, -0.15) is 0 Å². The largest absolute Gasteiger partial charge is 0.494 e. The number of aromatic nitrogens is 1. The number of nitrogen functional groups attached to an aromatic ring is 1. The van der Waals surface area contributed by atoms with Crippen LogP contribution in [0.1, 0.15) is 54.2 Å². The number of hydrogen-bond donors (Lipinski definition) is 2. The minimum atomic E-state index is -0.270. The van der Waals surface area contributed by atoms with Crippen molar-refractivity contribution in [3.05, 3.63) is 47.2 Å². The highest BCUT2D eigenvalue weighted by molar-refractivity contribution is 6.07. The summed E-state index contributed by atoms with van der Waals surface area (Å²) in [6.45, 7) is 6.65. The van der Waals surface area contributed by atoms with Crippen LogP contribution in [0.15, 0.2) is 30.3 Å². The maximum atomic E-state index is 12.5. The van der Waals surface area contributed by atoms with E-state index in [1.54, 1.807) is 6.07 Å². The van der Waals surface area contributed by atoms with Crippen LogP contribution in [0.25, 0.3) is 0 Å². The topological polar surface area (TPSA) is 77.2 Å². The maximum Gasteiger partial charge on any atom is 0.259 e. The van der Waals surface area contributed by atoms with Crippen LogP contribution in [0.3, 0.4) is 0 Å². The molecular weight excluding hydrogens is 314 g/mol. The Morgan fingerprint density at radius 1 is 1.20 bits per heavy atom. The van der Waals surface area contributed by atoms with Gasteiger partial charge in [0.05, 0.1) is 12.2 Å². The molecule has 0 radical (unpaired) electrons. The second kappa shape index (κ2) is 9.06. The minimum absolute atomic E-state index is 0.240. The third-order valence-electron chi connectivity index (χ3n) is 4.10. The van der Waals surface area contributed by atoms with Crippen molar-refractivity contribution in [3.63, 3.8) is 0 Å². The Balaban J connectivity index is 1.99. The molecule has 5 nitrogen and oxygen atoms in total. The lowest BCUT2D eigenvalue weighted by Gasteiger charge is -2.11. The first kappa shape index (κ1) is 18.8. The van der Waals surface area contributed by atoms with Crippen LogP contribution in [-0.4, -0.2) is 17.5 Å². The van der Waals surface area contributed by atoms with Crippen LogP contribution in [-0.2, 0) is 0 Å². The number of carbonyl (C=O) groups is 1. The van der Waals surface area contributed by atoms with E-state index >= 15 is 0 Å². The van der Waals surface area contributed by atoms with Gasteiger partial charge in [0.2, 0.25) is 0 Å². The molecule has 0 spiro atoms. The molecule has 134 valence electrons. The fourth-order valence-corrected chi connectivity index (χ4v) is 2.49. The summed E-state index contributed by atoms with van der Waals surface area (Å²) in [6, 6.07) is 9.16. The van der Waals surface area contributed by atoms with Gasteiger partial charge in [-0.05, 0) is 44.0 Å². The number of ether oxygens (including phenoxy) is 1. The molecule has 2 aromatic rings. The molecule has 0 aliphatic rings. The van der Waals surface area contributed by atoms with Gasteiger partial charge in [-0.1, -0.05) is 32.3 Å². The molecule has 0 fully saturated rings. The lowest BCUT2D eigenvalue weighted by atomic mass is 10.1. The summed E-state index contributed by atoms with van der Waals surface area (Å²) in [7, 11) is 0. The van der Waals surface area contributed by atoms with E-state index in [-0.39, 0.29) is 11.7 Å². The van der Waals surface area contributed by atoms with Crippen molar-refractivity contribution in [3.8, 4) is 5.75 Å². The summed E-state index contributed by atoms with van der Waals surface area (Å²) in [4.78, 5) is 16.7. The lowest BCUT2D eigenvalue weighted by molar-refractivity contribution is 0.102. The third-order valence-corrected chi connectivity index (χ3v) is 4.10. The number of benzene rings is 1. The van der Waals surface area contributed by atoms with Crippen LogP contribution in [0.2, 0.25) is 0 Å². The number of carbonyl (C=O) groups excluding carboxylic acids is 1. The maximum absolute atomic E-state index is 12.5. The SMILES string of the molecule is CCCCCCOc1cccc(NC(=O)c2cc(C)c(C)nc2N)c1. The normalized spacial score (nSPS) is 10.5. The molecule has 25 heavy (non-hydrogen) atoms. The van der Waals surface area contributed by atoms with Crippen LogP contribution in [0.4, 0.5) is 11.5 Å². The summed E-state index contributed by atoms with van der Waals surface area (Å²) < 4.78 is 5.75. The minimum Gasteiger partial charge on any atom is -0.494 e. The average Bonchev–Trinajstić information content (AvgIpc) is 2.58. The highest BCUT2D eigenvalue weighted by Crippen LogP contribution is 2.20. The van der Waals surface area contributed by atoms with Gasteiger partial charge in [0, 0.05) is 17.4 Å². The fourth-order valence-electron chi connectivity index (χ4n) is 2.49. The Kier molecular flexibility index (Phi) is 6.81. The zero-order valence-corrected chi connectivity index (χ0v) is 15.3. The molecular formula is C20H27N3O2. The van der Waals surface area contributed by atoms with E-state index < -0.39 is 0 Å². The lowest BCUT2D eigenvalue weighted by Crippen LogP contribution is -2.16. The smallest absolute Gasteiger partial charge is 0.259 e. The number of nitrogens with one attached hydrogen (secondary N) is 1. The van der Waals surface area contributed by atoms with Gasteiger partial charge in [0.15, 0.2) is 0 Å². The van der Waals surface area contributed by atoms with Gasteiger partial charge in [-0.25, -0.2) is 4.98 Å². The van der Waals surface area contributed by atoms with E-state index in [4.69, 9.17) is 10.5 Å². The molecule has 0 aliphatic heterocycles. The first-order valence-corrected chi connectivity index (χ1v) is 8.79. The number of amides is 1. The van der Waals surface area contributed by atoms with E-state index in [0.717, 1.165) is 23.4 Å². The highest BCUT2D eigenvalue weighted by atomic mass is 16.5. The van der Waals surface area contributed by atoms with Crippen LogP contribution >= 0.6 is 0 Å². The fraction of sp³-hybridized carbons (Fsp3) is 0.400. The standard InChI is InChI=1S/C20H27N3O2/c1-4-5-6-7-11-25-17-10-8-9-16(13-17)23-20(24)18-12-14(2)15(3)22-19(18)21/h8-10,12-13H,4-7,11H2,1-3H3,(H2,21,22)(H,23,24). The molecule has 0 unspecified atom stereocenters. The van der Waals surface area contributed by atoms with Gasteiger partial charge in [-0.3, -0.25) is 4.79 Å². The summed E-state index contributed by atoms with van der Waals surface area (Å²) in [6.07, 6.45) is 4.64. The molecule has 1 amide bonds. The van der Waals surface area contributed by atoms with Crippen molar-refractivity contribution in [1.29, 1.82) is 0 Å². The number of rotatable bonds is 8. The first-order chi connectivity index (χ1) is 12.0. The molecule has 0 saturated carbocycles. The molecule has 0 aliphatic carbocycles. The van der Waals surface area contributed by atoms with Crippen molar-refractivity contribution in [1.82, 2.24) is 4.98 Å². The molecule has 0 saturated heterocycles. The van der Waals surface area contributed by atoms with Crippen molar-refractivity contribution in [2.75, 3.05) is 17.7 Å². The highest BCUT2D eigenvalue weighted by Gasteiger charge is 2.13. The number of nitrogens with zero attached hydrogens (tertiary/aromatic N) is 1. The van der Waals surface area contributed by atoms with Gasteiger partial charge >= 0.3 is 0 Å². The van der Waals surface area contributed by atoms with E-state index in [0.29, 0.717) is 17.9 Å². The first-order valence-electron chi connectivity index (χ1n) is 8.79. The van der Waals surface area contributed by atoms with Crippen LogP contribution in [0, 0.1) is 13.8 Å².